The van der Waals surface area contributed by atoms with Crippen molar-refractivity contribution in [1.29, 1.82) is 0 Å². The molecule has 1 aliphatic heterocycles. The zero-order chi connectivity index (χ0) is 14.8. The maximum Gasteiger partial charge on any atom is 0.131 e. The Morgan fingerprint density at radius 2 is 1.90 bits per heavy atom. The molecule has 1 unspecified atom stereocenters. The summed E-state index contributed by atoms with van der Waals surface area (Å²) in [5, 5.41) is 0. The largest absolute Gasteiger partial charge is 0.497 e. The summed E-state index contributed by atoms with van der Waals surface area (Å²) in [5.74, 6) is 2.67. The van der Waals surface area contributed by atoms with Gasteiger partial charge in [-0.15, -0.1) is 0 Å². The van der Waals surface area contributed by atoms with Crippen LogP contribution in [0.1, 0.15) is 18.9 Å². The molecule has 0 spiro atoms. The maximum absolute atomic E-state index is 6.13. The molecule has 21 heavy (non-hydrogen) atoms. The third kappa shape index (κ3) is 2.44. The van der Waals surface area contributed by atoms with Crippen molar-refractivity contribution in [2.75, 3.05) is 14.2 Å². The van der Waals surface area contributed by atoms with Crippen molar-refractivity contribution in [3.63, 3.8) is 0 Å². The molecule has 2 aromatic rings. The molecule has 1 atom stereocenters. The van der Waals surface area contributed by atoms with E-state index in [4.69, 9.17) is 14.2 Å². The third-order valence-electron chi connectivity index (χ3n) is 3.96. The van der Waals surface area contributed by atoms with E-state index in [0.29, 0.717) is 0 Å². The van der Waals surface area contributed by atoms with Crippen molar-refractivity contribution < 1.29 is 14.2 Å². The fourth-order valence-electron chi connectivity index (χ4n) is 2.82. The van der Waals surface area contributed by atoms with Gasteiger partial charge in [-0.05, 0) is 24.6 Å². The van der Waals surface area contributed by atoms with Gasteiger partial charge in [0.2, 0.25) is 0 Å². The third-order valence-corrected chi connectivity index (χ3v) is 3.96. The average Bonchev–Trinajstić information content (AvgIpc) is 2.96. The fraction of sp³-hybridized carbons (Fsp3) is 0.333. The minimum atomic E-state index is 0.251. The Hall–Kier alpha value is -2.16. The van der Waals surface area contributed by atoms with Gasteiger partial charge < -0.3 is 14.2 Å². The molecule has 3 nitrogen and oxygen atoms in total. The van der Waals surface area contributed by atoms with Crippen LogP contribution < -0.4 is 14.2 Å². The van der Waals surface area contributed by atoms with Crippen molar-refractivity contribution in [3.8, 4) is 28.4 Å². The predicted molar refractivity (Wildman–Crippen MR) is 83.4 cm³/mol. The summed E-state index contributed by atoms with van der Waals surface area (Å²) in [5.41, 5.74) is 3.28. The van der Waals surface area contributed by atoms with E-state index in [-0.39, 0.29) is 6.10 Å². The molecule has 0 bridgehead atoms. The minimum absolute atomic E-state index is 0.251. The second-order valence-electron chi connectivity index (χ2n) is 5.22. The van der Waals surface area contributed by atoms with Gasteiger partial charge in [0.1, 0.15) is 23.4 Å². The first-order valence-electron chi connectivity index (χ1n) is 7.27. The van der Waals surface area contributed by atoms with Gasteiger partial charge in [-0.1, -0.05) is 25.1 Å². The van der Waals surface area contributed by atoms with E-state index in [9.17, 15) is 0 Å². The number of benzene rings is 2. The van der Waals surface area contributed by atoms with Gasteiger partial charge in [-0.2, -0.15) is 0 Å². The van der Waals surface area contributed by atoms with Crippen LogP contribution in [0.3, 0.4) is 0 Å². The summed E-state index contributed by atoms with van der Waals surface area (Å²) in [6, 6.07) is 12.1. The van der Waals surface area contributed by atoms with E-state index < -0.39 is 0 Å². The zero-order valence-corrected chi connectivity index (χ0v) is 12.7. The molecule has 0 radical (unpaired) electrons. The summed E-state index contributed by atoms with van der Waals surface area (Å²) in [6.07, 6.45) is 2.19. The van der Waals surface area contributed by atoms with Crippen molar-refractivity contribution >= 4 is 0 Å². The average molecular weight is 284 g/mol. The van der Waals surface area contributed by atoms with E-state index in [2.05, 4.69) is 19.1 Å². The van der Waals surface area contributed by atoms with Gasteiger partial charge in [-0.25, -0.2) is 0 Å². The van der Waals surface area contributed by atoms with E-state index in [1.54, 1.807) is 14.2 Å². The van der Waals surface area contributed by atoms with E-state index in [0.717, 1.165) is 41.2 Å². The number of methoxy groups -OCH3 is 2. The molecule has 1 aliphatic rings. The molecule has 0 aliphatic carbocycles. The van der Waals surface area contributed by atoms with E-state index in [1.165, 1.54) is 5.56 Å². The topological polar surface area (TPSA) is 27.7 Å². The van der Waals surface area contributed by atoms with Crippen LogP contribution >= 0.6 is 0 Å². The molecular formula is C18H20O3. The summed E-state index contributed by atoms with van der Waals surface area (Å²) < 4.78 is 17.1. The zero-order valence-electron chi connectivity index (χ0n) is 12.7. The Morgan fingerprint density at radius 3 is 2.62 bits per heavy atom. The summed E-state index contributed by atoms with van der Waals surface area (Å²) in [6.45, 7) is 2.15. The number of ether oxygens (including phenoxy) is 3. The van der Waals surface area contributed by atoms with Gasteiger partial charge in [0.15, 0.2) is 0 Å². The lowest BCUT2D eigenvalue weighted by Gasteiger charge is -2.14. The van der Waals surface area contributed by atoms with Gasteiger partial charge in [0, 0.05) is 23.1 Å². The second kappa shape index (κ2) is 5.68. The lowest BCUT2D eigenvalue weighted by Crippen LogP contribution is -2.10. The van der Waals surface area contributed by atoms with Gasteiger partial charge >= 0.3 is 0 Å². The van der Waals surface area contributed by atoms with Crippen LogP contribution in [-0.2, 0) is 6.42 Å². The standard InChI is InChI=1S/C18H20O3/c1-4-13-9-12-10-14(19-2)11-16(18(12)21-13)15-7-5-6-8-17(15)20-3/h5-8,10-11,13H,4,9H2,1-3H3. The number of para-hydroxylation sites is 1. The molecule has 2 aromatic carbocycles. The molecule has 0 saturated heterocycles. The Kier molecular flexibility index (Phi) is 3.74. The van der Waals surface area contributed by atoms with Crippen molar-refractivity contribution in [3.05, 3.63) is 42.0 Å². The fourth-order valence-corrected chi connectivity index (χ4v) is 2.82. The molecule has 110 valence electrons. The monoisotopic (exact) mass is 284 g/mol. The Labute approximate surface area is 125 Å². The van der Waals surface area contributed by atoms with Gasteiger partial charge in [0.25, 0.3) is 0 Å². The van der Waals surface area contributed by atoms with E-state index >= 15 is 0 Å². The van der Waals surface area contributed by atoms with Crippen molar-refractivity contribution in [2.45, 2.75) is 25.9 Å². The Morgan fingerprint density at radius 1 is 1.10 bits per heavy atom. The van der Waals surface area contributed by atoms with Crippen LogP contribution in [0, 0.1) is 0 Å². The second-order valence-corrected chi connectivity index (χ2v) is 5.22. The molecule has 3 rings (SSSR count). The van der Waals surface area contributed by atoms with Crippen LogP contribution in [0.25, 0.3) is 11.1 Å². The van der Waals surface area contributed by atoms with Crippen molar-refractivity contribution in [2.24, 2.45) is 0 Å². The predicted octanol–water partition coefficient (Wildman–Crippen LogP) is 4.08. The highest BCUT2D eigenvalue weighted by Gasteiger charge is 2.26. The molecule has 1 heterocycles. The van der Waals surface area contributed by atoms with Crippen LogP contribution in [-0.4, -0.2) is 20.3 Å². The maximum atomic E-state index is 6.13. The van der Waals surface area contributed by atoms with Gasteiger partial charge in [0.05, 0.1) is 14.2 Å². The van der Waals surface area contributed by atoms with Crippen LogP contribution in [0.2, 0.25) is 0 Å². The first kappa shape index (κ1) is 13.8. The molecule has 0 aromatic heterocycles. The Balaban J connectivity index is 2.16. The molecule has 0 N–H and O–H groups in total. The van der Waals surface area contributed by atoms with Crippen molar-refractivity contribution in [1.82, 2.24) is 0 Å². The smallest absolute Gasteiger partial charge is 0.131 e. The minimum Gasteiger partial charge on any atom is -0.497 e. The van der Waals surface area contributed by atoms with Crippen LogP contribution in [0.15, 0.2) is 36.4 Å². The Bertz CT molecular complexity index is 649. The van der Waals surface area contributed by atoms with Crippen LogP contribution in [0.4, 0.5) is 0 Å². The lowest BCUT2D eigenvalue weighted by atomic mass is 9.99. The molecule has 3 heteroatoms. The first-order valence-corrected chi connectivity index (χ1v) is 7.27. The number of hydrogen-bond donors (Lipinski definition) is 0. The molecule has 0 amide bonds. The normalized spacial score (nSPS) is 16.2. The molecule has 0 saturated carbocycles. The van der Waals surface area contributed by atoms with Gasteiger partial charge in [-0.3, -0.25) is 0 Å². The molecule has 0 fully saturated rings. The number of hydrogen-bond acceptors (Lipinski definition) is 3. The molecular weight excluding hydrogens is 264 g/mol. The number of rotatable bonds is 4. The highest BCUT2D eigenvalue weighted by atomic mass is 16.5. The summed E-state index contributed by atoms with van der Waals surface area (Å²) >= 11 is 0. The highest BCUT2D eigenvalue weighted by Crippen LogP contribution is 2.44. The first-order chi connectivity index (χ1) is 10.3. The lowest BCUT2D eigenvalue weighted by molar-refractivity contribution is 0.229. The summed E-state index contributed by atoms with van der Waals surface area (Å²) in [7, 11) is 3.38. The number of fused-ring (bicyclic) bond motifs is 1. The summed E-state index contributed by atoms with van der Waals surface area (Å²) in [4.78, 5) is 0. The van der Waals surface area contributed by atoms with Crippen LogP contribution in [0.5, 0.6) is 17.2 Å². The SMILES string of the molecule is CCC1Cc2cc(OC)cc(-c3ccccc3OC)c2O1. The quantitative estimate of drug-likeness (QED) is 0.846. The highest BCUT2D eigenvalue weighted by molar-refractivity contribution is 5.79. The van der Waals surface area contributed by atoms with E-state index in [1.807, 2.05) is 24.3 Å².